The Kier molecular flexibility index (Phi) is 6.73. The van der Waals surface area contributed by atoms with Gasteiger partial charge in [-0.25, -0.2) is 18.4 Å². The van der Waals surface area contributed by atoms with Gasteiger partial charge in [-0.05, 0) is 32.4 Å². The normalized spacial score (nSPS) is 11.4. The van der Waals surface area contributed by atoms with Crippen LogP contribution in [0, 0.1) is 0 Å². The Bertz CT molecular complexity index is 716. The summed E-state index contributed by atoms with van der Waals surface area (Å²) in [7, 11) is -4.19. The van der Waals surface area contributed by atoms with E-state index in [9.17, 15) is 23.1 Å². The second kappa shape index (κ2) is 8.11. The molecule has 8 nitrogen and oxygen atoms in total. The SMILES string of the molecule is CCCCN(C=O)c1cc(C(=O)O)cc(S(N)(=O)=O)c1NC(C)C. The van der Waals surface area contributed by atoms with Gasteiger partial charge in [0, 0.05) is 12.6 Å². The molecule has 1 rings (SSSR count). The van der Waals surface area contributed by atoms with Crippen molar-refractivity contribution in [3.63, 3.8) is 0 Å². The lowest BCUT2D eigenvalue weighted by Crippen LogP contribution is -2.27. The minimum Gasteiger partial charge on any atom is -0.478 e. The molecule has 0 heterocycles. The number of unbranched alkanes of at least 4 members (excludes halogenated alkanes) is 1. The smallest absolute Gasteiger partial charge is 0.335 e. The Balaban J connectivity index is 3.70. The van der Waals surface area contributed by atoms with Crippen LogP contribution in [0.25, 0.3) is 0 Å². The number of sulfonamides is 1. The Morgan fingerprint density at radius 3 is 2.46 bits per heavy atom. The van der Waals surface area contributed by atoms with Crippen LogP contribution in [0.1, 0.15) is 44.0 Å². The van der Waals surface area contributed by atoms with E-state index < -0.39 is 16.0 Å². The molecule has 0 atom stereocenters. The highest BCUT2D eigenvalue weighted by molar-refractivity contribution is 7.89. The van der Waals surface area contributed by atoms with E-state index in [0.29, 0.717) is 19.4 Å². The fourth-order valence-electron chi connectivity index (χ4n) is 2.17. The number of carboxylic acids is 1. The second-order valence-corrected chi connectivity index (χ2v) is 7.20. The second-order valence-electron chi connectivity index (χ2n) is 5.67. The van der Waals surface area contributed by atoms with Crippen molar-refractivity contribution in [1.82, 2.24) is 0 Å². The minimum absolute atomic E-state index is 0.126. The van der Waals surface area contributed by atoms with Crippen LogP contribution in [0.5, 0.6) is 0 Å². The van der Waals surface area contributed by atoms with Crippen molar-refractivity contribution in [3.8, 4) is 0 Å². The molecule has 24 heavy (non-hydrogen) atoms. The third-order valence-corrected chi connectivity index (χ3v) is 4.19. The van der Waals surface area contributed by atoms with E-state index in [1.54, 1.807) is 13.8 Å². The fraction of sp³-hybridized carbons (Fsp3) is 0.467. The van der Waals surface area contributed by atoms with Crippen molar-refractivity contribution in [2.45, 2.75) is 44.6 Å². The van der Waals surface area contributed by atoms with Gasteiger partial charge >= 0.3 is 5.97 Å². The zero-order valence-corrected chi connectivity index (χ0v) is 14.8. The van der Waals surface area contributed by atoms with Crippen LogP contribution in [0.2, 0.25) is 0 Å². The van der Waals surface area contributed by atoms with Gasteiger partial charge in [-0.1, -0.05) is 13.3 Å². The Morgan fingerprint density at radius 2 is 2.04 bits per heavy atom. The molecule has 4 N–H and O–H groups in total. The zero-order valence-electron chi connectivity index (χ0n) is 13.9. The van der Waals surface area contributed by atoms with E-state index in [-0.39, 0.29) is 27.9 Å². The highest BCUT2D eigenvalue weighted by Crippen LogP contribution is 2.34. The quantitative estimate of drug-likeness (QED) is 0.576. The number of amides is 1. The maximum absolute atomic E-state index is 11.9. The van der Waals surface area contributed by atoms with Gasteiger partial charge in [0.25, 0.3) is 0 Å². The van der Waals surface area contributed by atoms with Crippen LogP contribution in [-0.4, -0.2) is 38.5 Å². The number of nitrogens with one attached hydrogen (secondary N) is 1. The van der Waals surface area contributed by atoms with Gasteiger partial charge < -0.3 is 15.3 Å². The average molecular weight is 357 g/mol. The number of benzene rings is 1. The van der Waals surface area contributed by atoms with E-state index in [2.05, 4.69) is 5.32 Å². The van der Waals surface area contributed by atoms with E-state index in [1.807, 2.05) is 6.92 Å². The lowest BCUT2D eigenvalue weighted by Gasteiger charge is -2.25. The zero-order chi connectivity index (χ0) is 18.5. The maximum Gasteiger partial charge on any atom is 0.335 e. The molecule has 0 aromatic heterocycles. The molecule has 9 heteroatoms. The van der Waals surface area contributed by atoms with Crippen molar-refractivity contribution >= 4 is 33.8 Å². The fourth-order valence-corrected chi connectivity index (χ4v) is 2.91. The summed E-state index contributed by atoms with van der Waals surface area (Å²) in [6.45, 7) is 5.86. The van der Waals surface area contributed by atoms with Crippen molar-refractivity contribution in [2.75, 3.05) is 16.8 Å². The van der Waals surface area contributed by atoms with Gasteiger partial charge in [0.05, 0.1) is 16.9 Å². The number of aromatic carboxylic acids is 1. The van der Waals surface area contributed by atoms with Gasteiger partial charge in [-0.3, -0.25) is 4.79 Å². The number of anilines is 2. The first-order valence-corrected chi connectivity index (χ1v) is 9.09. The van der Waals surface area contributed by atoms with Gasteiger partial charge in [0.15, 0.2) is 0 Å². The first-order chi connectivity index (χ1) is 11.1. The van der Waals surface area contributed by atoms with E-state index in [1.165, 1.54) is 11.0 Å². The number of hydrogen-bond donors (Lipinski definition) is 3. The van der Waals surface area contributed by atoms with Gasteiger partial charge in [0.2, 0.25) is 16.4 Å². The molecule has 1 aromatic carbocycles. The largest absolute Gasteiger partial charge is 0.478 e. The number of carboxylic acid groups (broad SMARTS) is 1. The minimum atomic E-state index is -4.19. The van der Waals surface area contributed by atoms with Crippen molar-refractivity contribution < 1.29 is 23.1 Å². The lowest BCUT2D eigenvalue weighted by atomic mass is 10.1. The van der Waals surface area contributed by atoms with Gasteiger partial charge in [0.1, 0.15) is 4.90 Å². The van der Waals surface area contributed by atoms with Crippen LogP contribution in [0.3, 0.4) is 0 Å². The third-order valence-electron chi connectivity index (χ3n) is 3.26. The maximum atomic E-state index is 11.9. The highest BCUT2D eigenvalue weighted by atomic mass is 32.2. The molecule has 134 valence electrons. The standard InChI is InChI=1S/C15H23N3O5S/c1-4-5-6-18(9-19)12-7-11(15(20)21)8-13(24(16,22)23)14(12)17-10(2)3/h7-10,17H,4-6H2,1-3H3,(H,20,21)(H2,16,22,23). The van der Waals surface area contributed by atoms with E-state index in [0.717, 1.165) is 12.5 Å². The predicted molar refractivity (Wildman–Crippen MR) is 91.9 cm³/mol. The summed E-state index contributed by atoms with van der Waals surface area (Å²) in [4.78, 5) is 23.7. The molecular formula is C15H23N3O5S. The summed E-state index contributed by atoms with van der Waals surface area (Å²) >= 11 is 0. The number of carbonyl (C=O) groups is 2. The van der Waals surface area contributed by atoms with Crippen molar-refractivity contribution in [1.29, 1.82) is 0 Å². The summed E-state index contributed by atoms with van der Waals surface area (Å²) in [6.07, 6.45) is 2.05. The number of nitrogens with two attached hydrogens (primary N) is 1. The van der Waals surface area contributed by atoms with Crippen LogP contribution in [0.15, 0.2) is 17.0 Å². The first kappa shape index (κ1) is 19.9. The van der Waals surface area contributed by atoms with Crippen LogP contribution in [-0.2, 0) is 14.8 Å². The topological polar surface area (TPSA) is 130 Å². The summed E-state index contributed by atoms with van der Waals surface area (Å²) in [6, 6.07) is 2.11. The molecular weight excluding hydrogens is 334 g/mol. The molecule has 0 unspecified atom stereocenters. The molecule has 0 aliphatic rings. The lowest BCUT2D eigenvalue weighted by molar-refractivity contribution is -0.107. The molecule has 0 radical (unpaired) electrons. The van der Waals surface area contributed by atoms with E-state index >= 15 is 0 Å². The summed E-state index contributed by atoms with van der Waals surface area (Å²) < 4.78 is 23.9. The average Bonchev–Trinajstić information content (AvgIpc) is 2.47. The number of rotatable bonds is 9. The summed E-state index contributed by atoms with van der Waals surface area (Å²) in [5.41, 5.74) is 0.0449. The van der Waals surface area contributed by atoms with Gasteiger partial charge in [-0.2, -0.15) is 0 Å². The Morgan fingerprint density at radius 1 is 1.42 bits per heavy atom. The Hall–Kier alpha value is -2.13. The summed E-state index contributed by atoms with van der Waals surface area (Å²) in [5.74, 6) is -1.31. The molecule has 0 bridgehead atoms. The number of primary sulfonamides is 1. The molecule has 1 aromatic rings. The van der Waals surface area contributed by atoms with Crippen LogP contribution in [0.4, 0.5) is 11.4 Å². The van der Waals surface area contributed by atoms with Crippen molar-refractivity contribution in [2.24, 2.45) is 5.14 Å². The number of nitrogens with zero attached hydrogens (tertiary/aromatic N) is 1. The number of carbonyl (C=O) groups excluding carboxylic acids is 1. The Labute approximate surface area is 141 Å². The van der Waals surface area contributed by atoms with Crippen LogP contribution < -0.4 is 15.4 Å². The molecule has 0 aliphatic heterocycles. The van der Waals surface area contributed by atoms with E-state index in [4.69, 9.17) is 5.14 Å². The highest BCUT2D eigenvalue weighted by Gasteiger charge is 2.24. The van der Waals surface area contributed by atoms with Crippen LogP contribution >= 0.6 is 0 Å². The van der Waals surface area contributed by atoms with Gasteiger partial charge in [-0.15, -0.1) is 0 Å². The molecule has 0 saturated carbocycles. The first-order valence-electron chi connectivity index (χ1n) is 7.54. The number of hydrogen-bond acceptors (Lipinski definition) is 5. The van der Waals surface area contributed by atoms with Crippen molar-refractivity contribution in [3.05, 3.63) is 17.7 Å². The molecule has 0 saturated heterocycles. The molecule has 0 spiro atoms. The predicted octanol–water partition coefficient (Wildman–Crippen LogP) is 1.62. The monoisotopic (exact) mass is 357 g/mol. The molecule has 0 fully saturated rings. The summed E-state index contributed by atoms with van der Waals surface area (Å²) in [5, 5.41) is 17.4. The third kappa shape index (κ3) is 4.93. The molecule has 1 amide bonds. The molecule has 0 aliphatic carbocycles.